The van der Waals surface area contributed by atoms with Gasteiger partial charge < -0.3 is 10.5 Å². The number of benzene rings is 1. The second-order valence-electron chi connectivity index (χ2n) is 4.90. The Kier molecular flexibility index (Phi) is 4.22. The minimum Gasteiger partial charge on any atom is -0.493 e. The third kappa shape index (κ3) is 2.73. The van der Waals surface area contributed by atoms with Crippen LogP contribution in [0.3, 0.4) is 0 Å². The second kappa shape index (κ2) is 5.77. The monoisotopic (exact) mass is 299 g/mol. The average molecular weight is 299 g/mol. The fourth-order valence-electron chi connectivity index (χ4n) is 2.21. The molecule has 4 nitrogen and oxygen atoms in total. The third-order valence-electron chi connectivity index (χ3n) is 3.16. The first kappa shape index (κ1) is 15.4. The number of ether oxygens (including phenoxy) is 1. The van der Waals surface area contributed by atoms with E-state index in [0.29, 0.717) is 23.6 Å². The fraction of sp³-hybridized carbons (Fsp3) is 0.357. The van der Waals surface area contributed by atoms with Crippen LogP contribution in [0.15, 0.2) is 18.3 Å². The Hall–Kier alpha value is -2.02. The largest absolute Gasteiger partial charge is 0.493 e. The van der Waals surface area contributed by atoms with Crippen LogP contribution in [-0.2, 0) is 0 Å². The van der Waals surface area contributed by atoms with Gasteiger partial charge in [-0.2, -0.15) is 5.10 Å². The lowest BCUT2D eigenvalue weighted by Gasteiger charge is -2.19. The van der Waals surface area contributed by atoms with Gasteiger partial charge in [-0.1, -0.05) is 0 Å². The first-order valence-electron chi connectivity index (χ1n) is 6.38. The average Bonchev–Trinajstić information content (AvgIpc) is 2.80. The highest BCUT2D eigenvalue weighted by Crippen LogP contribution is 2.32. The van der Waals surface area contributed by atoms with E-state index in [1.165, 1.54) is 18.0 Å². The smallest absolute Gasteiger partial charge is 0.161 e. The van der Waals surface area contributed by atoms with Gasteiger partial charge in [0.1, 0.15) is 23.1 Å². The highest BCUT2D eigenvalue weighted by atomic mass is 19.1. The maximum Gasteiger partial charge on any atom is 0.161 e. The van der Waals surface area contributed by atoms with Gasteiger partial charge >= 0.3 is 0 Å². The van der Waals surface area contributed by atoms with E-state index in [1.54, 1.807) is 0 Å². The first-order valence-corrected chi connectivity index (χ1v) is 6.38. The molecule has 2 rings (SSSR count). The number of methoxy groups -OCH3 is 1. The van der Waals surface area contributed by atoms with E-state index < -0.39 is 29.1 Å². The van der Waals surface area contributed by atoms with Gasteiger partial charge in [0.2, 0.25) is 0 Å². The van der Waals surface area contributed by atoms with E-state index in [1.807, 2.05) is 13.8 Å². The first-order chi connectivity index (χ1) is 9.86. The van der Waals surface area contributed by atoms with Gasteiger partial charge in [-0.15, -0.1) is 0 Å². The zero-order valence-corrected chi connectivity index (χ0v) is 11.9. The van der Waals surface area contributed by atoms with Gasteiger partial charge in [-0.25, -0.2) is 13.2 Å². The zero-order valence-electron chi connectivity index (χ0n) is 11.9. The maximum absolute atomic E-state index is 13.9. The Morgan fingerprint density at radius 3 is 2.24 bits per heavy atom. The lowest BCUT2D eigenvalue weighted by atomic mass is 10.0. The predicted molar refractivity (Wildman–Crippen MR) is 71.5 cm³/mol. The Morgan fingerprint density at radius 2 is 1.76 bits per heavy atom. The quantitative estimate of drug-likeness (QED) is 0.944. The van der Waals surface area contributed by atoms with Crippen molar-refractivity contribution in [1.82, 2.24) is 9.78 Å². The van der Waals surface area contributed by atoms with E-state index in [-0.39, 0.29) is 6.04 Å². The predicted octanol–water partition coefficient (Wildman–Crippen LogP) is 2.94. The molecule has 0 bridgehead atoms. The number of hydrogen-bond donors (Lipinski definition) is 1. The Balaban J connectivity index is 2.60. The molecule has 0 radical (unpaired) electrons. The van der Waals surface area contributed by atoms with E-state index in [2.05, 4.69) is 5.10 Å². The van der Waals surface area contributed by atoms with Crippen LogP contribution in [0, 0.1) is 17.5 Å². The molecule has 1 aromatic heterocycles. The molecule has 1 aromatic carbocycles. The van der Waals surface area contributed by atoms with Crippen molar-refractivity contribution in [3.05, 3.63) is 47.0 Å². The third-order valence-corrected chi connectivity index (χ3v) is 3.16. The molecule has 114 valence electrons. The van der Waals surface area contributed by atoms with Gasteiger partial charge in [-0.3, -0.25) is 4.68 Å². The minimum absolute atomic E-state index is 0.0819. The van der Waals surface area contributed by atoms with Crippen molar-refractivity contribution < 1.29 is 17.9 Å². The summed E-state index contributed by atoms with van der Waals surface area (Å²) in [4.78, 5) is 0. The molecule has 0 aliphatic heterocycles. The summed E-state index contributed by atoms with van der Waals surface area (Å²) in [7, 11) is 1.41. The standard InChI is InChI=1S/C14H16F3N3O/c1-7(2)20-14(11(21-3)6-19-20)13(18)12-9(16)4-8(15)5-10(12)17/h4-7,13H,18H2,1-3H3. The summed E-state index contributed by atoms with van der Waals surface area (Å²) < 4.78 is 47.4. The van der Waals surface area contributed by atoms with Gasteiger partial charge in [0.25, 0.3) is 0 Å². The number of nitrogens with two attached hydrogens (primary N) is 1. The molecule has 2 aromatic rings. The summed E-state index contributed by atoms with van der Waals surface area (Å²) in [5.74, 6) is -2.76. The van der Waals surface area contributed by atoms with E-state index in [4.69, 9.17) is 10.5 Å². The van der Waals surface area contributed by atoms with Crippen molar-refractivity contribution in [2.24, 2.45) is 5.73 Å². The maximum atomic E-state index is 13.9. The molecule has 0 aliphatic rings. The molecule has 0 spiro atoms. The lowest BCUT2D eigenvalue weighted by molar-refractivity contribution is 0.398. The molecule has 1 heterocycles. The molecule has 0 saturated carbocycles. The molecule has 0 fully saturated rings. The van der Waals surface area contributed by atoms with Crippen LogP contribution < -0.4 is 10.5 Å². The Bertz CT molecular complexity index is 632. The number of aromatic nitrogens is 2. The van der Waals surface area contributed by atoms with Crippen molar-refractivity contribution in [3.63, 3.8) is 0 Å². The molecule has 0 aliphatic carbocycles. The molecule has 2 N–H and O–H groups in total. The topological polar surface area (TPSA) is 53.1 Å². The van der Waals surface area contributed by atoms with Gasteiger partial charge in [0.15, 0.2) is 5.75 Å². The molecule has 0 saturated heterocycles. The summed E-state index contributed by atoms with van der Waals surface area (Å²) >= 11 is 0. The Labute approximate surface area is 120 Å². The molecular weight excluding hydrogens is 283 g/mol. The molecule has 1 atom stereocenters. The SMILES string of the molecule is COc1cnn(C(C)C)c1C(N)c1c(F)cc(F)cc1F. The van der Waals surface area contributed by atoms with Gasteiger partial charge in [0.05, 0.1) is 19.3 Å². The number of nitrogens with zero attached hydrogens (tertiary/aromatic N) is 2. The van der Waals surface area contributed by atoms with Crippen molar-refractivity contribution in [2.75, 3.05) is 7.11 Å². The van der Waals surface area contributed by atoms with Gasteiger partial charge in [0, 0.05) is 23.7 Å². The summed E-state index contributed by atoms with van der Waals surface area (Å²) in [6, 6.07) is -0.0474. The molecule has 7 heteroatoms. The highest BCUT2D eigenvalue weighted by molar-refractivity contribution is 5.37. The number of hydrogen-bond acceptors (Lipinski definition) is 3. The van der Waals surface area contributed by atoms with Crippen LogP contribution in [0.1, 0.15) is 37.2 Å². The van der Waals surface area contributed by atoms with Crippen LogP contribution >= 0.6 is 0 Å². The molecule has 1 unspecified atom stereocenters. The van der Waals surface area contributed by atoms with E-state index >= 15 is 0 Å². The zero-order chi connectivity index (χ0) is 15.7. The summed E-state index contributed by atoms with van der Waals surface area (Å²) in [5.41, 5.74) is 5.90. The van der Waals surface area contributed by atoms with Crippen LogP contribution in [0.25, 0.3) is 0 Å². The number of rotatable bonds is 4. The number of halogens is 3. The lowest BCUT2D eigenvalue weighted by Crippen LogP contribution is -2.22. The second-order valence-corrected chi connectivity index (χ2v) is 4.90. The van der Waals surface area contributed by atoms with Crippen molar-refractivity contribution >= 4 is 0 Å². The summed E-state index contributed by atoms with van der Waals surface area (Å²) in [5, 5.41) is 4.10. The van der Waals surface area contributed by atoms with Crippen LogP contribution in [0.2, 0.25) is 0 Å². The Morgan fingerprint density at radius 1 is 1.19 bits per heavy atom. The molecule has 21 heavy (non-hydrogen) atoms. The fourth-order valence-corrected chi connectivity index (χ4v) is 2.21. The van der Waals surface area contributed by atoms with Crippen LogP contribution in [-0.4, -0.2) is 16.9 Å². The molecular formula is C14H16F3N3O. The van der Waals surface area contributed by atoms with Crippen LogP contribution in [0.5, 0.6) is 5.75 Å². The summed E-state index contributed by atoms with van der Waals surface area (Å²) in [6.07, 6.45) is 1.43. The summed E-state index contributed by atoms with van der Waals surface area (Å²) in [6.45, 7) is 3.69. The highest BCUT2D eigenvalue weighted by Gasteiger charge is 2.27. The van der Waals surface area contributed by atoms with Crippen LogP contribution in [0.4, 0.5) is 13.2 Å². The van der Waals surface area contributed by atoms with Gasteiger partial charge in [-0.05, 0) is 13.8 Å². The van der Waals surface area contributed by atoms with E-state index in [9.17, 15) is 13.2 Å². The van der Waals surface area contributed by atoms with Crippen molar-refractivity contribution in [3.8, 4) is 5.75 Å². The van der Waals surface area contributed by atoms with Crippen molar-refractivity contribution in [2.45, 2.75) is 25.9 Å². The minimum atomic E-state index is -1.16. The molecule has 0 amide bonds. The van der Waals surface area contributed by atoms with E-state index in [0.717, 1.165) is 0 Å². The van der Waals surface area contributed by atoms with Crippen molar-refractivity contribution in [1.29, 1.82) is 0 Å². The normalized spacial score (nSPS) is 12.8.